The van der Waals surface area contributed by atoms with Crippen LogP contribution >= 0.6 is 0 Å². The van der Waals surface area contributed by atoms with Gasteiger partial charge in [0.05, 0.1) is 0 Å². The van der Waals surface area contributed by atoms with Crippen molar-refractivity contribution >= 4 is 11.4 Å². The predicted molar refractivity (Wildman–Crippen MR) is 78.7 cm³/mol. The van der Waals surface area contributed by atoms with E-state index in [-0.39, 0.29) is 5.82 Å². The summed E-state index contributed by atoms with van der Waals surface area (Å²) in [6.07, 6.45) is 0. The molecule has 0 aliphatic heterocycles. The third-order valence-electron chi connectivity index (χ3n) is 3.26. The number of hydrogen-bond acceptors (Lipinski definition) is 2. The predicted octanol–water partition coefficient (Wildman–Crippen LogP) is 3.74. The summed E-state index contributed by atoms with van der Waals surface area (Å²) in [4.78, 5) is 2.13. The van der Waals surface area contributed by atoms with E-state index in [0.717, 1.165) is 30.0 Å². The number of nitrogens with two attached hydrogens (primary N) is 1. The lowest BCUT2D eigenvalue weighted by Gasteiger charge is -2.23. The highest BCUT2D eigenvalue weighted by Crippen LogP contribution is 2.20. The molecule has 0 spiro atoms. The second-order valence-corrected chi connectivity index (χ2v) is 4.68. The van der Waals surface area contributed by atoms with Crippen molar-refractivity contribution in [1.82, 2.24) is 0 Å². The molecule has 0 saturated carbocycles. The Labute approximate surface area is 113 Å². The number of rotatable bonds is 4. The molecule has 0 saturated heterocycles. The molecule has 3 heteroatoms. The van der Waals surface area contributed by atoms with E-state index >= 15 is 0 Å². The third-order valence-corrected chi connectivity index (χ3v) is 3.26. The fourth-order valence-electron chi connectivity index (χ4n) is 2.12. The van der Waals surface area contributed by atoms with Gasteiger partial charge in [0.15, 0.2) is 0 Å². The number of aryl methyl sites for hydroxylation is 1. The molecular formula is C16H19FN2. The van der Waals surface area contributed by atoms with E-state index in [1.165, 1.54) is 11.6 Å². The smallest absolute Gasteiger partial charge is 0.125 e. The molecule has 0 bridgehead atoms. The van der Waals surface area contributed by atoms with E-state index in [2.05, 4.69) is 17.9 Å². The first-order valence-electron chi connectivity index (χ1n) is 6.45. The molecule has 2 N–H and O–H groups in total. The van der Waals surface area contributed by atoms with Crippen molar-refractivity contribution in [3.05, 3.63) is 59.4 Å². The molecule has 100 valence electrons. The first kappa shape index (κ1) is 13.4. The van der Waals surface area contributed by atoms with Gasteiger partial charge in [0.1, 0.15) is 5.82 Å². The summed E-state index contributed by atoms with van der Waals surface area (Å²) in [5.74, 6) is -0.204. The molecule has 0 aliphatic carbocycles. The minimum atomic E-state index is -0.204. The largest absolute Gasteiger partial charge is 0.399 e. The van der Waals surface area contributed by atoms with Crippen LogP contribution in [0.4, 0.5) is 15.8 Å². The van der Waals surface area contributed by atoms with E-state index < -0.39 is 0 Å². The van der Waals surface area contributed by atoms with Gasteiger partial charge in [-0.15, -0.1) is 0 Å². The van der Waals surface area contributed by atoms with E-state index in [1.54, 1.807) is 12.1 Å². The van der Waals surface area contributed by atoms with Gasteiger partial charge < -0.3 is 10.6 Å². The van der Waals surface area contributed by atoms with Crippen LogP contribution in [0.25, 0.3) is 0 Å². The molecule has 0 heterocycles. The zero-order valence-corrected chi connectivity index (χ0v) is 11.4. The van der Waals surface area contributed by atoms with E-state index in [0.29, 0.717) is 0 Å². The van der Waals surface area contributed by atoms with Crippen molar-refractivity contribution in [2.75, 3.05) is 17.2 Å². The zero-order chi connectivity index (χ0) is 13.8. The lowest BCUT2D eigenvalue weighted by molar-refractivity contribution is 0.626. The Hall–Kier alpha value is -2.03. The van der Waals surface area contributed by atoms with Crippen LogP contribution in [0.3, 0.4) is 0 Å². The Kier molecular flexibility index (Phi) is 4.05. The Balaban J connectivity index is 2.21. The van der Waals surface area contributed by atoms with E-state index in [1.807, 2.05) is 25.1 Å². The van der Waals surface area contributed by atoms with Crippen LogP contribution in [-0.4, -0.2) is 6.54 Å². The van der Waals surface area contributed by atoms with Crippen LogP contribution in [0.2, 0.25) is 0 Å². The lowest BCUT2D eigenvalue weighted by Crippen LogP contribution is -2.22. The maximum absolute atomic E-state index is 13.3. The molecule has 0 aliphatic rings. The van der Waals surface area contributed by atoms with Gasteiger partial charge in [0, 0.05) is 24.5 Å². The normalized spacial score (nSPS) is 10.5. The molecule has 19 heavy (non-hydrogen) atoms. The highest BCUT2D eigenvalue weighted by atomic mass is 19.1. The standard InChI is InChI=1S/C16H19FN2/c1-3-19(15-6-4-5-14(17)10-15)11-13-7-8-16(18)12(2)9-13/h4-10H,3,11,18H2,1-2H3. The summed E-state index contributed by atoms with van der Waals surface area (Å²) < 4.78 is 13.3. The molecule has 0 fully saturated rings. The van der Waals surface area contributed by atoms with Crippen LogP contribution in [-0.2, 0) is 6.54 Å². The molecule has 2 aromatic carbocycles. The summed E-state index contributed by atoms with van der Waals surface area (Å²) >= 11 is 0. The van der Waals surface area contributed by atoms with E-state index in [9.17, 15) is 4.39 Å². The minimum absolute atomic E-state index is 0.204. The molecule has 0 unspecified atom stereocenters. The maximum Gasteiger partial charge on any atom is 0.125 e. The van der Waals surface area contributed by atoms with Crippen molar-refractivity contribution in [3.8, 4) is 0 Å². The Morgan fingerprint density at radius 3 is 2.58 bits per heavy atom. The first-order valence-corrected chi connectivity index (χ1v) is 6.45. The number of benzene rings is 2. The summed E-state index contributed by atoms with van der Waals surface area (Å²) in [6.45, 7) is 5.64. The van der Waals surface area contributed by atoms with Crippen molar-refractivity contribution < 1.29 is 4.39 Å². The van der Waals surface area contributed by atoms with Gasteiger partial charge in [-0.1, -0.05) is 18.2 Å². The first-order chi connectivity index (χ1) is 9.10. The van der Waals surface area contributed by atoms with Gasteiger partial charge in [0.25, 0.3) is 0 Å². The van der Waals surface area contributed by atoms with Gasteiger partial charge >= 0.3 is 0 Å². The lowest BCUT2D eigenvalue weighted by atomic mass is 10.1. The van der Waals surface area contributed by atoms with E-state index in [4.69, 9.17) is 5.73 Å². The summed E-state index contributed by atoms with van der Waals surface area (Å²) in [5.41, 5.74) is 9.78. The molecule has 0 radical (unpaired) electrons. The van der Waals surface area contributed by atoms with Crippen molar-refractivity contribution in [2.45, 2.75) is 20.4 Å². The van der Waals surface area contributed by atoms with Crippen molar-refractivity contribution in [2.24, 2.45) is 0 Å². The monoisotopic (exact) mass is 258 g/mol. The average Bonchev–Trinajstić information content (AvgIpc) is 2.40. The van der Waals surface area contributed by atoms with Crippen molar-refractivity contribution in [3.63, 3.8) is 0 Å². The molecule has 2 aromatic rings. The fraction of sp³-hybridized carbons (Fsp3) is 0.250. The second-order valence-electron chi connectivity index (χ2n) is 4.68. The van der Waals surface area contributed by atoms with Gasteiger partial charge in [-0.3, -0.25) is 0 Å². The SMILES string of the molecule is CCN(Cc1ccc(N)c(C)c1)c1cccc(F)c1. The van der Waals surface area contributed by atoms with Crippen LogP contribution in [0.15, 0.2) is 42.5 Å². The minimum Gasteiger partial charge on any atom is -0.399 e. The van der Waals surface area contributed by atoms with Gasteiger partial charge in [0.2, 0.25) is 0 Å². The van der Waals surface area contributed by atoms with Crippen molar-refractivity contribution in [1.29, 1.82) is 0 Å². The molecule has 2 rings (SSSR count). The average molecular weight is 258 g/mol. The Morgan fingerprint density at radius 2 is 1.95 bits per heavy atom. The zero-order valence-electron chi connectivity index (χ0n) is 11.4. The van der Waals surface area contributed by atoms with Gasteiger partial charge in [-0.2, -0.15) is 0 Å². The Bertz CT molecular complexity index is 566. The van der Waals surface area contributed by atoms with Crippen LogP contribution in [0, 0.1) is 12.7 Å². The summed E-state index contributed by atoms with van der Waals surface area (Å²) in [5, 5.41) is 0. The van der Waals surface area contributed by atoms with Crippen LogP contribution in [0.1, 0.15) is 18.1 Å². The topological polar surface area (TPSA) is 29.3 Å². The number of halogens is 1. The number of hydrogen-bond donors (Lipinski definition) is 1. The second kappa shape index (κ2) is 5.74. The summed E-state index contributed by atoms with van der Waals surface area (Å²) in [6, 6.07) is 12.7. The maximum atomic E-state index is 13.3. The highest BCUT2D eigenvalue weighted by Gasteiger charge is 2.07. The molecule has 0 amide bonds. The molecule has 0 aromatic heterocycles. The molecule has 2 nitrogen and oxygen atoms in total. The highest BCUT2D eigenvalue weighted by molar-refractivity contribution is 5.50. The fourth-order valence-corrected chi connectivity index (χ4v) is 2.12. The summed E-state index contributed by atoms with van der Waals surface area (Å²) in [7, 11) is 0. The van der Waals surface area contributed by atoms with Gasteiger partial charge in [-0.25, -0.2) is 4.39 Å². The quantitative estimate of drug-likeness (QED) is 0.846. The van der Waals surface area contributed by atoms with Gasteiger partial charge in [-0.05, 0) is 49.2 Å². The number of nitrogen functional groups attached to an aromatic ring is 1. The Morgan fingerprint density at radius 1 is 1.16 bits per heavy atom. The van der Waals surface area contributed by atoms with Crippen LogP contribution in [0.5, 0.6) is 0 Å². The van der Waals surface area contributed by atoms with Crippen LogP contribution < -0.4 is 10.6 Å². The number of anilines is 2. The third kappa shape index (κ3) is 3.25. The molecule has 0 atom stereocenters. The number of nitrogens with zero attached hydrogens (tertiary/aromatic N) is 1. The molecular weight excluding hydrogens is 239 g/mol.